The number of benzene rings is 8. The molecule has 4 saturated carbocycles. The molecule has 0 saturated heterocycles. The van der Waals surface area contributed by atoms with E-state index in [1.807, 2.05) is 36.4 Å². The molecule has 4 bridgehead atoms. The van der Waals surface area contributed by atoms with Crippen LogP contribution < -0.4 is 0 Å². The van der Waals surface area contributed by atoms with Crippen LogP contribution in [0.25, 0.3) is 83.2 Å². The van der Waals surface area contributed by atoms with E-state index in [0.717, 1.165) is 28.5 Å². The molecular formula is C57H44N4. The van der Waals surface area contributed by atoms with Gasteiger partial charge in [-0.05, 0) is 124 Å². The SMILES string of the molecule is c1ccc(-c2nc(-c3ccccc3)nc(-c3ccc4cc(C56CC7CC(C5)CC(c5ccc8cc(-n9c%10ccccc%10c%10ccccc%109)ccc8c5)(C7)C6)ccc4c3)n2)cc1. The first-order valence-corrected chi connectivity index (χ1v) is 22.0. The highest BCUT2D eigenvalue weighted by Crippen LogP contribution is 2.66. The van der Waals surface area contributed by atoms with Crippen molar-refractivity contribution in [1.29, 1.82) is 0 Å². The molecule has 2 atom stereocenters. The van der Waals surface area contributed by atoms with Crippen molar-refractivity contribution in [3.05, 3.63) is 193 Å². The third kappa shape index (κ3) is 5.62. The smallest absolute Gasteiger partial charge is 0.164 e. The number of para-hydroxylation sites is 2. The van der Waals surface area contributed by atoms with Gasteiger partial charge in [-0.25, -0.2) is 15.0 Å². The van der Waals surface area contributed by atoms with E-state index in [4.69, 9.17) is 15.0 Å². The Morgan fingerprint density at radius 1 is 0.393 bits per heavy atom. The summed E-state index contributed by atoms with van der Waals surface area (Å²) in [5, 5.41) is 7.76. The van der Waals surface area contributed by atoms with E-state index in [1.54, 1.807) is 5.56 Å². The summed E-state index contributed by atoms with van der Waals surface area (Å²) < 4.78 is 2.43. The fraction of sp³-hybridized carbons (Fsp3) is 0.175. The molecule has 2 aromatic heterocycles. The molecule has 0 N–H and O–H groups in total. The molecule has 4 fully saturated rings. The molecule has 2 heterocycles. The van der Waals surface area contributed by atoms with Crippen LogP contribution in [0.4, 0.5) is 0 Å². The van der Waals surface area contributed by atoms with Crippen molar-refractivity contribution in [2.75, 3.05) is 0 Å². The molecule has 292 valence electrons. The fourth-order valence-electron chi connectivity index (χ4n) is 12.5. The molecule has 10 aromatic rings. The van der Waals surface area contributed by atoms with Crippen LogP contribution in [0.15, 0.2) is 182 Å². The minimum atomic E-state index is 0.204. The Kier molecular flexibility index (Phi) is 7.61. The van der Waals surface area contributed by atoms with Crippen molar-refractivity contribution in [2.45, 2.75) is 49.4 Å². The van der Waals surface area contributed by atoms with Gasteiger partial charge in [-0.2, -0.15) is 0 Å². The number of fused-ring (bicyclic) bond motifs is 5. The molecule has 0 spiro atoms. The summed E-state index contributed by atoms with van der Waals surface area (Å²) in [7, 11) is 0. The number of rotatable bonds is 6. The molecule has 61 heavy (non-hydrogen) atoms. The molecule has 2 unspecified atom stereocenters. The lowest BCUT2D eigenvalue weighted by Gasteiger charge is -2.63. The second kappa shape index (κ2) is 13.3. The summed E-state index contributed by atoms with van der Waals surface area (Å²) >= 11 is 0. The van der Waals surface area contributed by atoms with Gasteiger partial charge in [0.25, 0.3) is 0 Å². The monoisotopic (exact) mass is 784 g/mol. The van der Waals surface area contributed by atoms with Gasteiger partial charge in [0, 0.05) is 33.2 Å². The minimum absolute atomic E-state index is 0.204. The van der Waals surface area contributed by atoms with E-state index in [1.165, 1.54) is 93.1 Å². The maximum Gasteiger partial charge on any atom is 0.164 e. The lowest BCUT2D eigenvalue weighted by Crippen LogP contribution is -2.55. The Labute approximate surface area is 355 Å². The predicted octanol–water partition coefficient (Wildman–Crippen LogP) is 14.1. The number of hydrogen-bond donors (Lipinski definition) is 0. The average Bonchev–Trinajstić information content (AvgIpc) is 3.65. The van der Waals surface area contributed by atoms with Crippen LogP contribution in [0.5, 0.6) is 0 Å². The van der Waals surface area contributed by atoms with Crippen molar-refractivity contribution >= 4 is 43.4 Å². The summed E-state index contributed by atoms with van der Waals surface area (Å²) in [5.74, 6) is 3.61. The van der Waals surface area contributed by atoms with E-state index in [9.17, 15) is 0 Å². The van der Waals surface area contributed by atoms with Crippen molar-refractivity contribution < 1.29 is 0 Å². The molecule has 4 heteroatoms. The van der Waals surface area contributed by atoms with Crippen LogP contribution >= 0.6 is 0 Å². The molecule has 4 nitrogen and oxygen atoms in total. The van der Waals surface area contributed by atoms with Gasteiger partial charge in [0.2, 0.25) is 0 Å². The van der Waals surface area contributed by atoms with Gasteiger partial charge in [0.05, 0.1) is 11.0 Å². The van der Waals surface area contributed by atoms with Gasteiger partial charge in [0.15, 0.2) is 17.5 Å². The van der Waals surface area contributed by atoms with Crippen molar-refractivity contribution in [3.63, 3.8) is 0 Å². The molecule has 8 aromatic carbocycles. The Balaban J connectivity index is 0.840. The second-order valence-corrected chi connectivity index (χ2v) is 18.5. The summed E-state index contributed by atoms with van der Waals surface area (Å²) in [6, 6.07) is 66.7. The summed E-state index contributed by atoms with van der Waals surface area (Å²) in [5.41, 5.74) is 10.2. The van der Waals surface area contributed by atoms with Crippen LogP contribution in [0.2, 0.25) is 0 Å². The first-order valence-electron chi connectivity index (χ1n) is 22.0. The first kappa shape index (κ1) is 34.9. The van der Waals surface area contributed by atoms with E-state index < -0.39 is 0 Å². The molecule has 14 rings (SSSR count). The third-order valence-corrected chi connectivity index (χ3v) is 14.7. The highest BCUT2D eigenvalue weighted by Gasteiger charge is 2.58. The number of nitrogens with zero attached hydrogens (tertiary/aromatic N) is 4. The predicted molar refractivity (Wildman–Crippen MR) is 250 cm³/mol. The largest absolute Gasteiger partial charge is 0.309 e. The van der Waals surface area contributed by atoms with E-state index in [0.29, 0.717) is 17.5 Å². The zero-order chi connectivity index (χ0) is 40.1. The van der Waals surface area contributed by atoms with Crippen molar-refractivity contribution in [2.24, 2.45) is 11.8 Å². The maximum absolute atomic E-state index is 5.02. The zero-order valence-electron chi connectivity index (χ0n) is 34.0. The van der Waals surface area contributed by atoms with Gasteiger partial charge in [-0.1, -0.05) is 152 Å². The lowest BCUT2D eigenvalue weighted by molar-refractivity contribution is -0.0280. The molecular weight excluding hydrogens is 741 g/mol. The summed E-state index contributed by atoms with van der Waals surface area (Å²) in [4.78, 5) is 15.0. The Morgan fingerprint density at radius 2 is 0.836 bits per heavy atom. The zero-order valence-corrected chi connectivity index (χ0v) is 34.0. The Morgan fingerprint density at radius 3 is 1.39 bits per heavy atom. The number of aromatic nitrogens is 4. The van der Waals surface area contributed by atoms with Crippen molar-refractivity contribution in [3.8, 4) is 39.9 Å². The maximum atomic E-state index is 5.02. The van der Waals surface area contributed by atoms with E-state index in [-0.39, 0.29) is 10.8 Å². The van der Waals surface area contributed by atoms with Gasteiger partial charge in [-0.15, -0.1) is 0 Å². The standard InChI is InChI=1S/C57H44N4/c1-3-11-39(12-4-1)53-58-54(40-13-5-2-6-14-40)60-55(59-53)45-20-19-42-29-46(24-21-41(42)28-45)56-32-37-27-38(33-56)35-57(34-37,36-56)47-25-22-44-31-48(26-23-43(44)30-47)61-51-17-9-7-15-49(51)50-16-8-10-18-52(50)61/h1-26,28-31,37-38H,27,32-36H2. The van der Waals surface area contributed by atoms with E-state index >= 15 is 0 Å². The van der Waals surface area contributed by atoms with Crippen LogP contribution in [0.3, 0.4) is 0 Å². The first-order chi connectivity index (χ1) is 30.1. The Hall–Kier alpha value is -6.91. The van der Waals surface area contributed by atoms with Gasteiger partial charge in [-0.3, -0.25) is 0 Å². The topological polar surface area (TPSA) is 43.6 Å². The van der Waals surface area contributed by atoms with Crippen LogP contribution in [0.1, 0.15) is 49.7 Å². The van der Waals surface area contributed by atoms with Gasteiger partial charge in [0.1, 0.15) is 0 Å². The molecule has 4 aliphatic carbocycles. The Bertz CT molecular complexity index is 3220. The molecule has 0 radical (unpaired) electrons. The highest BCUT2D eigenvalue weighted by atomic mass is 15.0. The second-order valence-electron chi connectivity index (χ2n) is 18.5. The van der Waals surface area contributed by atoms with E-state index in [2.05, 4.69) is 150 Å². The van der Waals surface area contributed by atoms with Crippen LogP contribution in [-0.2, 0) is 10.8 Å². The van der Waals surface area contributed by atoms with Crippen LogP contribution in [-0.4, -0.2) is 19.5 Å². The van der Waals surface area contributed by atoms with Gasteiger partial charge >= 0.3 is 0 Å². The van der Waals surface area contributed by atoms with Gasteiger partial charge < -0.3 is 4.57 Å². The average molecular weight is 785 g/mol. The third-order valence-electron chi connectivity index (χ3n) is 14.7. The fourth-order valence-corrected chi connectivity index (χ4v) is 12.5. The lowest BCUT2D eigenvalue weighted by atomic mass is 9.41. The quantitative estimate of drug-likeness (QED) is 0.169. The molecule has 0 aliphatic heterocycles. The van der Waals surface area contributed by atoms with Crippen LogP contribution in [0, 0.1) is 11.8 Å². The van der Waals surface area contributed by atoms with Crippen molar-refractivity contribution in [1.82, 2.24) is 19.5 Å². The molecule has 4 aliphatic rings. The highest BCUT2D eigenvalue weighted by molar-refractivity contribution is 6.09. The normalized spacial score (nSPS) is 21.8. The molecule has 0 amide bonds. The minimum Gasteiger partial charge on any atom is -0.309 e. The number of hydrogen-bond acceptors (Lipinski definition) is 3. The summed E-state index contributed by atoms with van der Waals surface area (Å²) in [6.45, 7) is 0. The summed E-state index contributed by atoms with van der Waals surface area (Å²) in [6.07, 6.45) is 7.86.